The first-order valence-electron chi connectivity index (χ1n) is 7.17. The van der Waals surface area contributed by atoms with Crippen LogP contribution in [0, 0.1) is 13.8 Å². The first-order chi connectivity index (χ1) is 11.0. The Morgan fingerprint density at radius 2 is 2.13 bits per heavy atom. The van der Waals surface area contributed by atoms with Gasteiger partial charge in [0.05, 0.1) is 16.8 Å². The molecule has 3 rings (SSSR count). The summed E-state index contributed by atoms with van der Waals surface area (Å²) in [5.41, 5.74) is 4.67. The molecule has 0 spiro atoms. The molecule has 0 saturated carbocycles. The van der Waals surface area contributed by atoms with Gasteiger partial charge in [-0.15, -0.1) is 0 Å². The number of carbonyl (C=O) groups is 1. The summed E-state index contributed by atoms with van der Waals surface area (Å²) in [6.07, 6.45) is 0. The van der Waals surface area contributed by atoms with E-state index < -0.39 is 0 Å². The monoisotopic (exact) mass is 345 g/mol. The Labute approximate surface area is 143 Å². The molecule has 4 nitrogen and oxygen atoms in total. The average molecular weight is 346 g/mol. The fourth-order valence-electron chi connectivity index (χ4n) is 2.23. The Balaban J connectivity index is 1.65. The number of amides is 1. The third kappa shape index (κ3) is 3.68. The van der Waals surface area contributed by atoms with Gasteiger partial charge in [-0.05, 0) is 49.2 Å². The number of H-pyrrole nitrogens is 1. The fraction of sp³-hybridized carbons (Fsp3) is 0.176. The first kappa shape index (κ1) is 15.9. The zero-order valence-corrected chi connectivity index (χ0v) is 14.4. The quantitative estimate of drug-likeness (QED) is 0.681. The van der Waals surface area contributed by atoms with Crippen molar-refractivity contribution in [2.75, 3.05) is 11.1 Å². The van der Waals surface area contributed by atoms with Crippen molar-refractivity contribution in [1.82, 2.24) is 9.97 Å². The van der Waals surface area contributed by atoms with Crippen LogP contribution in [0.25, 0.3) is 11.0 Å². The van der Waals surface area contributed by atoms with Crippen molar-refractivity contribution in [2.24, 2.45) is 0 Å². The zero-order chi connectivity index (χ0) is 16.4. The van der Waals surface area contributed by atoms with Crippen LogP contribution in [0.5, 0.6) is 0 Å². The van der Waals surface area contributed by atoms with Crippen LogP contribution in [0.2, 0.25) is 5.02 Å². The van der Waals surface area contributed by atoms with Gasteiger partial charge in [0, 0.05) is 10.7 Å². The Bertz CT molecular complexity index is 875. The third-order valence-electron chi connectivity index (χ3n) is 3.50. The lowest BCUT2D eigenvalue weighted by atomic mass is 10.2. The number of rotatable bonds is 4. The van der Waals surface area contributed by atoms with E-state index in [4.69, 9.17) is 11.6 Å². The van der Waals surface area contributed by atoms with Crippen LogP contribution in [0.3, 0.4) is 0 Å². The molecule has 0 aliphatic heterocycles. The number of fused-ring (bicyclic) bond motifs is 1. The van der Waals surface area contributed by atoms with E-state index in [1.807, 2.05) is 44.2 Å². The zero-order valence-electron chi connectivity index (χ0n) is 12.8. The summed E-state index contributed by atoms with van der Waals surface area (Å²) < 4.78 is 0. The fourth-order valence-corrected chi connectivity index (χ4v) is 3.09. The number of aromatic nitrogens is 2. The van der Waals surface area contributed by atoms with Gasteiger partial charge in [-0.2, -0.15) is 0 Å². The maximum atomic E-state index is 12.1. The highest BCUT2D eigenvalue weighted by Gasteiger charge is 2.09. The van der Waals surface area contributed by atoms with Crippen LogP contribution in [-0.2, 0) is 4.79 Å². The molecular weight excluding hydrogens is 330 g/mol. The molecule has 0 fully saturated rings. The smallest absolute Gasteiger partial charge is 0.234 e. The molecule has 2 aromatic carbocycles. The highest BCUT2D eigenvalue weighted by atomic mass is 35.5. The minimum Gasteiger partial charge on any atom is -0.333 e. The van der Waals surface area contributed by atoms with Crippen molar-refractivity contribution < 1.29 is 4.79 Å². The number of aromatic amines is 1. The van der Waals surface area contributed by atoms with Crippen molar-refractivity contribution in [3.63, 3.8) is 0 Å². The summed E-state index contributed by atoms with van der Waals surface area (Å²) >= 11 is 7.43. The van der Waals surface area contributed by atoms with Crippen molar-refractivity contribution in [3.8, 4) is 0 Å². The predicted octanol–water partition coefficient (Wildman–Crippen LogP) is 4.56. The molecule has 0 aliphatic carbocycles. The first-order valence-corrected chi connectivity index (χ1v) is 8.53. The number of nitrogens with one attached hydrogen (secondary N) is 2. The number of nitrogens with zero attached hydrogens (tertiary/aromatic N) is 1. The third-order valence-corrected chi connectivity index (χ3v) is 4.78. The molecule has 1 amide bonds. The lowest BCUT2D eigenvalue weighted by Crippen LogP contribution is -2.15. The van der Waals surface area contributed by atoms with Crippen LogP contribution in [0.15, 0.2) is 41.6 Å². The summed E-state index contributed by atoms with van der Waals surface area (Å²) in [7, 11) is 0. The molecule has 0 atom stereocenters. The van der Waals surface area contributed by atoms with Crippen molar-refractivity contribution in [3.05, 3.63) is 52.5 Å². The van der Waals surface area contributed by atoms with E-state index in [0.29, 0.717) is 5.02 Å². The number of aryl methyl sites for hydroxylation is 1. The second kappa shape index (κ2) is 6.64. The van der Waals surface area contributed by atoms with Crippen molar-refractivity contribution in [2.45, 2.75) is 19.0 Å². The van der Waals surface area contributed by atoms with Crippen molar-refractivity contribution >= 4 is 46.0 Å². The molecule has 0 bridgehead atoms. The number of anilines is 1. The molecule has 1 heterocycles. The van der Waals surface area contributed by atoms with E-state index in [1.54, 1.807) is 6.07 Å². The molecule has 118 valence electrons. The predicted molar refractivity (Wildman–Crippen MR) is 96.4 cm³/mol. The molecule has 23 heavy (non-hydrogen) atoms. The molecule has 3 aromatic rings. The topological polar surface area (TPSA) is 57.8 Å². The van der Waals surface area contributed by atoms with E-state index in [0.717, 1.165) is 27.4 Å². The molecule has 0 radical (unpaired) electrons. The second-order valence-corrected chi connectivity index (χ2v) is 6.68. The summed E-state index contributed by atoms with van der Waals surface area (Å²) in [6.45, 7) is 3.92. The minimum atomic E-state index is -0.0861. The molecule has 2 N–H and O–H groups in total. The summed E-state index contributed by atoms with van der Waals surface area (Å²) in [4.78, 5) is 19.8. The largest absolute Gasteiger partial charge is 0.333 e. The number of halogens is 1. The second-order valence-electron chi connectivity index (χ2n) is 5.31. The van der Waals surface area contributed by atoms with Crippen LogP contribution < -0.4 is 5.32 Å². The van der Waals surface area contributed by atoms with Gasteiger partial charge in [0.1, 0.15) is 0 Å². The molecule has 0 aliphatic rings. The van der Waals surface area contributed by atoms with Crippen LogP contribution >= 0.6 is 23.4 Å². The highest BCUT2D eigenvalue weighted by Crippen LogP contribution is 2.24. The average Bonchev–Trinajstić information content (AvgIpc) is 2.92. The Kier molecular flexibility index (Phi) is 4.59. The minimum absolute atomic E-state index is 0.0861. The van der Waals surface area contributed by atoms with E-state index in [1.165, 1.54) is 17.3 Å². The van der Waals surface area contributed by atoms with Gasteiger partial charge >= 0.3 is 0 Å². The van der Waals surface area contributed by atoms with Gasteiger partial charge < -0.3 is 10.3 Å². The molecule has 0 saturated heterocycles. The summed E-state index contributed by atoms with van der Waals surface area (Å²) in [6, 6.07) is 11.5. The number of hydrogen-bond donors (Lipinski definition) is 2. The van der Waals surface area contributed by atoms with Crippen molar-refractivity contribution in [1.29, 1.82) is 0 Å². The maximum absolute atomic E-state index is 12.1. The Morgan fingerprint density at radius 3 is 2.96 bits per heavy atom. The van der Waals surface area contributed by atoms with E-state index in [2.05, 4.69) is 15.3 Å². The number of imidazole rings is 1. The van der Waals surface area contributed by atoms with Crippen LogP contribution in [0.4, 0.5) is 5.69 Å². The van der Waals surface area contributed by atoms with Gasteiger partial charge in [0.15, 0.2) is 5.16 Å². The highest BCUT2D eigenvalue weighted by molar-refractivity contribution is 7.99. The van der Waals surface area contributed by atoms with Gasteiger partial charge in [0.25, 0.3) is 0 Å². The standard InChI is InChI=1S/C17H16ClN3OS/c1-10-6-7-14-15(8-10)21-17(20-14)23-9-16(22)19-13-5-3-4-12(18)11(13)2/h3-8H,9H2,1-2H3,(H,19,22)(H,20,21). The van der Waals surface area contributed by atoms with Gasteiger partial charge in [0.2, 0.25) is 5.91 Å². The number of benzene rings is 2. The summed E-state index contributed by atoms with van der Waals surface area (Å²) in [5.74, 6) is 0.196. The van der Waals surface area contributed by atoms with Gasteiger partial charge in [-0.25, -0.2) is 4.98 Å². The number of carbonyl (C=O) groups excluding carboxylic acids is 1. The molecule has 0 unspecified atom stereocenters. The number of thioether (sulfide) groups is 1. The van der Waals surface area contributed by atoms with Gasteiger partial charge in [-0.3, -0.25) is 4.79 Å². The normalized spacial score (nSPS) is 10.9. The van der Waals surface area contributed by atoms with E-state index >= 15 is 0 Å². The van der Waals surface area contributed by atoms with E-state index in [9.17, 15) is 4.79 Å². The lowest BCUT2D eigenvalue weighted by Gasteiger charge is -2.08. The van der Waals surface area contributed by atoms with Crippen LogP contribution in [0.1, 0.15) is 11.1 Å². The summed E-state index contributed by atoms with van der Waals surface area (Å²) in [5, 5.41) is 4.26. The van der Waals surface area contributed by atoms with E-state index in [-0.39, 0.29) is 11.7 Å². The SMILES string of the molecule is Cc1ccc2nc(SCC(=O)Nc3cccc(Cl)c3C)[nH]c2c1. The molecule has 1 aromatic heterocycles. The Morgan fingerprint density at radius 1 is 1.30 bits per heavy atom. The number of hydrogen-bond acceptors (Lipinski definition) is 3. The maximum Gasteiger partial charge on any atom is 0.234 e. The van der Waals surface area contributed by atoms with Crippen LogP contribution in [-0.4, -0.2) is 21.6 Å². The van der Waals surface area contributed by atoms with Gasteiger partial charge in [-0.1, -0.05) is 35.5 Å². The lowest BCUT2D eigenvalue weighted by molar-refractivity contribution is -0.113. The molecular formula is C17H16ClN3OS. The Hall–Kier alpha value is -1.98. The molecule has 6 heteroatoms.